The molecule has 0 spiro atoms. The second kappa shape index (κ2) is 8.55. The van der Waals surface area contributed by atoms with Crippen LogP contribution in [0.1, 0.15) is 11.1 Å². The van der Waals surface area contributed by atoms with E-state index in [0.717, 1.165) is 22.5 Å². The first-order chi connectivity index (χ1) is 14.1. The molecule has 0 aliphatic rings. The first-order valence-electron chi connectivity index (χ1n) is 9.21. The molecule has 2 aromatic carbocycles. The van der Waals surface area contributed by atoms with Gasteiger partial charge in [-0.25, -0.2) is 4.68 Å². The first kappa shape index (κ1) is 19.3. The number of nitrogens with zero attached hydrogens (tertiary/aromatic N) is 3. The molecule has 0 radical (unpaired) electrons. The topological polar surface area (TPSA) is 51.9 Å². The van der Waals surface area contributed by atoms with E-state index in [4.69, 9.17) is 12.2 Å². The summed E-state index contributed by atoms with van der Waals surface area (Å²) in [6.07, 6.45) is 3.69. The number of hydrogen-bond acceptors (Lipinski definition) is 4. The van der Waals surface area contributed by atoms with Gasteiger partial charge < -0.3 is 9.88 Å². The minimum atomic E-state index is -0.0830. The van der Waals surface area contributed by atoms with Crippen LogP contribution in [0, 0.1) is 10.9 Å². The average Bonchev–Trinajstić information content (AvgIpc) is 3.35. The van der Waals surface area contributed by atoms with Gasteiger partial charge in [0.15, 0.2) is 3.95 Å². The highest BCUT2D eigenvalue weighted by atomic mass is 32.1. The van der Waals surface area contributed by atoms with Crippen molar-refractivity contribution in [3.8, 4) is 16.9 Å². The predicted octanol–water partition coefficient (Wildman–Crippen LogP) is 4.76. The van der Waals surface area contributed by atoms with Crippen LogP contribution in [0.15, 0.2) is 72.4 Å². The number of carbonyl (C=O) groups is 1. The summed E-state index contributed by atoms with van der Waals surface area (Å²) in [5.41, 5.74) is 5.14. The minimum absolute atomic E-state index is 0.0830. The summed E-state index contributed by atoms with van der Waals surface area (Å²) in [5.74, 6) is -0.0830. The number of amides is 1. The van der Waals surface area contributed by atoms with Gasteiger partial charge in [-0.3, -0.25) is 4.79 Å². The van der Waals surface area contributed by atoms with E-state index in [1.54, 1.807) is 10.9 Å². The molecule has 146 valence electrons. The van der Waals surface area contributed by atoms with Crippen LogP contribution >= 0.6 is 23.6 Å². The third kappa shape index (κ3) is 4.52. The van der Waals surface area contributed by atoms with Crippen LogP contribution in [0.4, 0.5) is 0 Å². The molecule has 0 unspecified atom stereocenters. The molecule has 2 aromatic heterocycles. The van der Waals surface area contributed by atoms with E-state index in [9.17, 15) is 4.79 Å². The Labute approximate surface area is 178 Å². The van der Waals surface area contributed by atoms with Gasteiger partial charge in [-0.15, -0.1) is 11.3 Å². The summed E-state index contributed by atoms with van der Waals surface area (Å²) in [5, 5.41) is 9.33. The summed E-state index contributed by atoms with van der Waals surface area (Å²) in [6.45, 7) is 2.67. The number of para-hydroxylation sites is 1. The molecular formula is C22H20N4OS2. The van der Waals surface area contributed by atoms with Gasteiger partial charge in [0.1, 0.15) is 6.54 Å². The van der Waals surface area contributed by atoms with Gasteiger partial charge >= 0.3 is 0 Å². The smallest absolute Gasteiger partial charge is 0.240 e. The number of carbonyl (C=O) groups excluding carboxylic acids is 1. The second-order valence-corrected chi connectivity index (χ2v) is 8.25. The van der Waals surface area contributed by atoms with Gasteiger partial charge in [0.25, 0.3) is 0 Å². The van der Waals surface area contributed by atoms with Crippen LogP contribution < -0.4 is 5.32 Å². The lowest BCUT2D eigenvalue weighted by atomic mass is 10.1. The molecule has 0 atom stereocenters. The van der Waals surface area contributed by atoms with Crippen molar-refractivity contribution in [1.82, 2.24) is 19.7 Å². The highest BCUT2D eigenvalue weighted by Gasteiger charge is 2.11. The van der Waals surface area contributed by atoms with E-state index in [1.807, 2.05) is 46.5 Å². The van der Waals surface area contributed by atoms with Crippen molar-refractivity contribution in [3.63, 3.8) is 0 Å². The molecule has 1 N–H and O–H groups in total. The van der Waals surface area contributed by atoms with E-state index in [-0.39, 0.29) is 12.5 Å². The molecule has 1 amide bonds. The summed E-state index contributed by atoms with van der Waals surface area (Å²) in [7, 11) is 0. The summed E-state index contributed by atoms with van der Waals surface area (Å²) >= 11 is 6.91. The molecule has 5 nitrogen and oxygen atoms in total. The molecule has 7 heteroatoms. The normalized spacial score (nSPS) is 10.8. The lowest BCUT2D eigenvalue weighted by Crippen LogP contribution is -2.27. The number of aryl methyl sites for hydroxylation is 1. The number of nitrogens with one attached hydrogen (secondary N) is 1. The Bertz CT molecular complexity index is 1170. The van der Waals surface area contributed by atoms with Gasteiger partial charge in [0.2, 0.25) is 5.91 Å². The van der Waals surface area contributed by atoms with Crippen LogP contribution in [-0.4, -0.2) is 20.3 Å². The van der Waals surface area contributed by atoms with Crippen molar-refractivity contribution in [3.05, 3.63) is 87.5 Å². The fourth-order valence-corrected chi connectivity index (χ4v) is 4.08. The summed E-state index contributed by atoms with van der Waals surface area (Å²) < 4.78 is 4.37. The second-order valence-electron chi connectivity index (χ2n) is 6.74. The Morgan fingerprint density at radius 1 is 1.14 bits per heavy atom. The van der Waals surface area contributed by atoms with E-state index < -0.39 is 0 Å². The number of benzene rings is 2. The third-order valence-electron chi connectivity index (χ3n) is 4.58. The van der Waals surface area contributed by atoms with Crippen LogP contribution in [-0.2, 0) is 17.9 Å². The average molecular weight is 421 g/mol. The molecule has 0 saturated carbocycles. The standard InChI is InChI=1S/C22H20N4OS2/c1-16-7-9-18(10-8-16)20-15-29-22(28)25(20)14-21(27)23-11-17-12-24-26(13-17)19-5-3-2-4-6-19/h2-10,12-13,15H,11,14H2,1H3,(H,23,27). The van der Waals surface area contributed by atoms with E-state index in [2.05, 4.69) is 41.6 Å². The summed E-state index contributed by atoms with van der Waals surface area (Å²) in [6, 6.07) is 18.1. The zero-order valence-corrected chi connectivity index (χ0v) is 17.5. The number of rotatable bonds is 6. The molecule has 29 heavy (non-hydrogen) atoms. The van der Waals surface area contributed by atoms with Gasteiger partial charge in [-0.1, -0.05) is 48.0 Å². The van der Waals surface area contributed by atoms with Crippen LogP contribution in [0.5, 0.6) is 0 Å². The maximum absolute atomic E-state index is 12.5. The maximum atomic E-state index is 12.5. The molecule has 0 fully saturated rings. The van der Waals surface area contributed by atoms with Crippen molar-refractivity contribution in [1.29, 1.82) is 0 Å². The van der Waals surface area contributed by atoms with Crippen molar-refractivity contribution < 1.29 is 4.79 Å². The Kier molecular flexibility index (Phi) is 5.69. The monoisotopic (exact) mass is 420 g/mol. The molecule has 0 bridgehead atoms. The van der Waals surface area contributed by atoms with Gasteiger partial charge in [0.05, 0.1) is 17.6 Å². The zero-order chi connectivity index (χ0) is 20.2. The van der Waals surface area contributed by atoms with Gasteiger partial charge in [0, 0.05) is 23.7 Å². The SMILES string of the molecule is Cc1ccc(-c2csc(=S)n2CC(=O)NCc2cnn(-c3ccccc3)c2)cc1. The van der Waals surface area contributed by atoms with E-state index in [1.165, 1.54) is 16.9 Å². The van der Waals surface area contributed by atoms with Crippen LogP contribution in [0.2, 0.25) is 0 Å². The fraction of sp³-hybridized carbons (Fsp3) is 0.136. The lowest BCUT2D eigenvalue weighted by molar-refractivity contribution is -0.121. The quantitative estimate of drug-likeness (QED) is 0.458. The molecule has 4 aromatic rings. The molecule has 0 aliphatic heterocycles. The van der Waals surface area contributed by atoms with Crippen molar-refractivity contribution >= 4 is 29.5 Å². The van der Waals surface area contributed by atoms with Crippen LogP contribution in [0.3, 0.4) is 0 Å². The zero-order valence-electron chi connectivity index (χ0n) is 15.9. The Balaban J connectivity index is 1.42. The summed E-state index contributed by atoms with van der Waals surface area (Å²) in [4.78, 5) is 12.5. The fourth-order valence-electron chi connectivity index (χ4n) is 3.00. The Morgan fingerprint density at radius 2 is 1.90 bits per heavy atom. The van der Waals surface area contributed by atoms with Crippen molar-refractivity contribution in [2.24, 2.45) is 0 Å². The largest absolute Gasteiger partial charge is 0.350 e. The number of thiazole rings is 1. The third-order valence-corrected chi connectivity index (χ3v) is 5.85. The van der Waals surface area contributed by atoms with Gasteiger partial charge in [-0.05, 0) is 36.8 Å². The maximum Gasteiger partial charge on any atom is 0.240 e. The highest BCUT2D eigenvalue weighted by Crippen LogP contribution is 2.24. The molecule has 2 heterocycles. The van der Waals surface area contributed by atoms with Crippen molar-refractivity contribution in [2.75, 3.05) is 0 Å². The highest BCUT2D eigenvalue weighted by molar-refractivity contribution is 7.73. The number of aromatic nitrogens is 3. The Morgan fingerprint density at radius 3 is 2.66 bits per heavy atom. The lowest BCUT2D eigenvalue weighted by Gasteiger charge is -2.09. The molecule has 0 saturated heterocycles. The molecular weight excluding hydrogens is 400 g/mol. The molecule has 0 aliphatic carbocycles. The van der Waals surface area contributed by atoms with E-state index >= 15 is 0 Å². The van der Waals surface area contributed by atoms with Crippen molar-refractivity contribution in [2.45, 2.75) is 20.0 Å². The van der Waals surface area contributed by atoms with Crippen LogP contribution in [0.25, 0.3) is 16.9 Å². The predicted molar refractivity (Wildman–Crippen MR) is 119 cm³/mol. The minimum Gasteiger partial charge on any atom is -0.350 e. The van der Waals surface area contributed by atoms with E-state index in [0.29, 0.717) is 10.5 Å². The first-order valence-corrected chi connectivity index (χ1v) is 10.5. The molecule has 4 rings (SSSR count). The van der Waals surface area contributed by atoms with Gasteiger partial charge in [-0.2, -0.15) is 5.10 Å². The number of hydrogen-bond donors (Lipinski definition) is 1. The Hall–Kier alpha value is -3.03.